The van der Waals surface area contributed by atoms with Gasteiger partial charge in [0.25, 0.3) is 17.7 Å². The minimum atomic E-state index is -0.396. The molecule has 1 fully saturated rings. The molecule has 1 N–H and O–H groups in total. The van der Waals surface area contributed by atoms with Crippen LogP contribution in [-0.2, 0) is 6.54 Å². The van der Waals surface area contributed by atoms with Gasteiger partial charge in [0.2, 0.25) is 0 Å². The number of hydrogen-bond acceptors (Lipinski definition) is 5. The number of para-hydroxylation sites is 1. The van der Waals surface area contributed by atoms with E-state index in [1.165, 1.54) is 23.8 Å². The van der Waals surface area contributed by atoms with Crippen LogP contribution in [0.15, 0.2) is 42.5 Å². The van der Waals surface area contributed by atoms with Gasteiger partial charge >= 0.3 is 0 Å². The van der Waals surface area contributed by atoms with Crippen molar-refractivity contribution in [3.05, 3.63) is 64.7 Å². The molecule has 1 saturated heterocycles. The molecule has 2 aliphatic rings. The Labute approximate surface area is 175 Å². The van der Waals surface area contributed by atoms with E-state index >= 15 is 0 Å². The lowest BCUT2D eigenvalue weighted by Crippen LogP contribution is -2.33. The summed E-state index contributed by atoms with van der Waals surface area (Å²) < 4.78 is 5.32. The second kappa shape index (κ2) is 8.67. The molecule has 0 saturated carbocycles. The van der Waals surface area contributed by atoms with Gasteiger partial charge in [-0.2, -0.15) is 0 Å². The highest BCUT2D eigenvalue weighted by atomic mass is 16.5. The Morgan fingerprint density at radius 3 is 2.53 bits per heavy atom. The van der Waals surface area contributed by atoms with E-state index in [0.29, 0.717) is 23.4 Å². The van der Waals surface area contributed by atoms with Crippen molar-refractivity contribution in [2.75, 3.05) is 33.3 Å². The standard InChI is InChI=1S/C23H25N3O4/c1-30-20-7-3-2-6-17(20)15-26-22(28)18-9-8-16(14-19(18)23(26)29)21(27)24-10-13-25-11-4-5-12-25/h2-3,6-9,14H,4-5,10-13,15H2,1H3,(H,24,27). The molecule has 7 heteroatoms. The second-order valence-electron chi connectivity index (χ2n) is 7.57. The summed E-state index contributed by atoms with van der Waals surface area (Å²) in [4.78, 5) is 41.7. The van der Waals surface area contributed by atoms with Crippen molar-refractivity contribution in [1.29, 1.82) is 0 Å². The van der Waals surface area contributed by atoms with E-state index in [1.54, 1.807) is 25.3 Å². The highest BCUT2D eigenvalue weighted by Crippen LogP contribution is 2.28. The summed E-state index contributed by atoms with van der Waals surface area (Å²) in [5.74, 6) is -0.373. The minimum Gasteiger partial charge on any atom is -0.496 e. The number of fused-ring (bicyclic) bond motifs is 1. The molecule has 0 bridgehead atoms. The topological polar surface area (TPSA) is 79.0 Å². The summed E-state index contributed by atoms with van der Waals surface area (Å²) in [6.45, 7) is 3.65. The largest absolute Gasteiger partial charge is 0.496 e. The van der Waals surface area contributed by atoms with Gasteiger partial charge in [0.15, 0.2) is 0 Å². The van der Waals surface area contributed by atoms with Gasteiger partial charge in [0.1, 0.15) is 5.75 Å². The number of imide groups is 1. The Kier molecular flexibility index (Phi) is 5.81. The maximum Gasteiger partial charge on any atom is 0.261 e. The first-order chi connectivity index (χ1) is 14.6. The first-order valence-electron chi connectivity index (χ1n) is 10.2. The first kappa shape index (κ1) is 20.1. The third-order valence-corrected chi connectivity index (χ3v) is 5.67. The van der Waals surface area contributed by atoms with Crippen LogP contribution < -0.4 is 10.1 Å². The van der Waals surface area contributed by atoms with Gasteiger partial charge in [-0.15, -0.1) is 0 Å². The van der Waals surface area contributed by atoms with Gasteiger partial charge in [-0.1, -0.05) is 18.2 Å². The van der Waals surface area contributed by atoms with Crippen molar-refractivity contribution in [3.8, 4) is 5.75 Å². The molecule has 2 heterocycles. The number of carbonyl (C=O) groups is 3. The number of nitrogens with one attached hydrogen (secondary N) is 1. The molecular formula is C23H25N3O4. The molecule has 0 radical (unpaired) electrons. The summed E-state index contributed by atoms with van der Waals surface area (Å²) >= 11 is 0. The van der Waals surface area contributed by atoms with E-state index < -0.39 is 5.91 Å². The van der Waals surface area contributed by atoms with E-state index in [2.05, 4.69) is 10.2 Å². The average molecular weight is 407 g/mol. The second-order valence-corrected chi connectivity index (χ2v) is 7.57. The van der Waals surface area contributed by atoms with Crippen LogP contribution >= 0.6 is 0 Å². The molecule has 3 amide bonds. The van der Waals surface area contributed by atoms with Crippen molar-refractivity contribution < 1.29 is 19.1 Å². The molecule has 0 unspecified atom stereocenters. The Hall–Kier alpha value is -3.19. The van der Waals surface area contributed by atoms with Crippen LogP contribution in [-0.4, -0.2) is 60.8 Å². The molecule has 30 heavy (non-hydrogen) atoms. The SMILES string of the molecule is COc1ccccc1CN1C(=O)c2ccc(C(=O)NCCN3CCCC3)cc2C1=O. The van der Waals surface area contributed by atoms with Crippen LogP contribution in [0.5, 0.6) is 5.75 Å². The normalized spacial score (nSPS) is 16.1. The van der Waals surface area contributed by atoms with Crippen molar-refractivity contribution in [2.45, 2.75) is 19.4 Å². The summed E-state index contributed by atoms with van der Waals surface area (Å²) in [6, 6.07) is 12.0. The van der Waals surface area contributed by atoms with E-state index in [4.69, 9.17) is 4.74 Å². The van der Waals surface area contributed by atoms with Crippen molar-refractivity contribution in [3.63, 3.8) is 0 Å². The fourth-order valence-corrected chi connectivity index (χ4v) is 4.02. The van der Waals surface area contributed by atoms with Crippen molar-refractivity contribution >= 4 is 17.7 Å². The number of carbonyl (C=O) groups excluding carboxylic acids is 3. The Bertz CT molecular complexity index is 982. The van der Waals surface area contributed by atoms with Crippen molar-refractivity contribution in [1.82, 2.24) is 15.1 Å². The summed E-state index contributed by atoms with van der Waals surface area (Å²) in [5, 5.41) is 2.90. The van der Waals surface area contributed by atoms with Gasteiger partial charge in [0.05, 0.1) is 24.8 Å². The Balaban J connectivity index is 1.45. The van der Waals surface area contributed by atoms with Gasteiger partial charge in [-0.05, 0) is 50.2 Å². The highest BCUT2D eigenvalue weighted by molar-refractivity contribution is 6.22. The lowest BCUT2D eigenvalue weighted by atomic mass is 10.1. The predicted octanol–water partition coefficient (Wildman–Crippen LogP) is 2.32. The smallest absolute Gasteiger partial charge is 0.261 e. The summed E-state index contributed by atoms with van der Waals surface area (Å²) in [7, 11) is 1.55. The van der Waals surface area contributed by atoms with E-state index in [0.717, 1.165) is 25.2 Å². The Morgan fingerprint density at radius 1 is 1.03 bits per heavy atom. The third-order valence-electron chi connectivity index (χ3n) is 5.67. The number of rotatable bonds is 7. The molecular weight excluding hydrogens is 382 g/mol. The molecule has 4 rings (SSSR count). The molecule has 2 aromatic rings. The lowest BCUT2D eigenvalue weighted by molar-refractivity contribution is 0.0641. The zero-order valence-electron chi connectivity index (χ0n) is 17.0. The number of benzene rings is 2. The predicted molar refractivity (Wildman–Crippen MR) is 112 cm³/mol. The fraction of sp³-hybridized carbons (Fsp3) is 0.348. The van der Waals surface area contributed by atoms with Crippen LogP contribution in [0.2, 0.25) is 0 Å². The maximum atomic E-state index is 12.9. The van der Waals surface area contributed by atoms with E-state index in [1.807, 2.05) is 18.2 Å². The molecule has 156 valence electrons. The lowest BCUT2D eigenvalue weighted by Gasteiger charge is -2.16. The van der Waals surface area contributed by atoms with Gasteiger partial charge in [-0.3, -0.25) is 19.3 Å². The highest BCUT2D eigenvalue weighted by Gasteiger charge is 2.36. The molecule has 2 aliphatic heterocycles. The van der Waals surface area contributed by atoms with Crippen LogP contribution in [0.4, 0.5) is 0 Å². The fourth-order valence-electron chi connectivity index (χ4n) is 4.02. The van der Waals surface area contributed by atoms with Gasteiger partial charge in [-0.25, -0.2) is 0 Å². The number of likely N-dealkylation sites (tertiary alicyclic amines) is 1. The van der Waals surface area contributed by atoms with Gasteiger partial charge in [0, 0.05) is 24.2 Å². The van der Waals surface area contributed by atoms with Crippen LogP contribution in [0, 0.1) is 0 Å². The molecule has 0 spiro atoms. The number of ether oxygens (including phenoxy) is 1. The molecule has 0 atom stereocenters. The van der Waals surface area contributed by atoms with E-state index in [-0.39, 0.29) is 23.9 Å². The Morgan fingerprint density at radius 2 is 1.77 bits per heavy atom. The minimum absolute atomic E-state index is 0.119. The number of amides is 3. The summed E-state index contributed by atoms with van der Waals surface area (Å²) in [6.07, 6.45) is 2.42. The average Bonchev–Trinajstić information content (AvgIpc) is 3.37. The van der Waals surface area contributed by atoms with Crippen LogP contribution in [0.25, 0.3) is 0 Å². The monoisotopic (exact) mass is 407 g/mol. The van der Waals surface area contributed by atoms with Gasteiger partial charge < -0.3 is 15.0 Å². The number of hydrogen-bond donors (Lipinski definition) is 1. The van der Waals surface area contributed by atoms with E-state index in [9.17, 15) is 14.4 Å². The molecule has 7 nitrogen and oxygen atoms in total. The summed E-state index contributed by atoms with van der Waals surface area (Å²) in [5.41, 5.74) is 1.72. The zero-order chi connectivity index (χ0) is 21.1. The number of nitrogens with zero attached hydrogens (tertiary/aromatic N) is 2. The molecule has 0 aromatic heterocycles. The first-order valence-corrected chi connectivity index (χ1v) is 10.2. The van der Waals surface area contributed by atoms with Crippen LogP contribution in [0.3, 0.4) is 0 Å². The third kappa shape index (κ3) is 3.93. The maximum absolute atomic E-state index is 12.9. The molecule has 0 aliphatic carbocycles. The molecule has 2 aromatic carbocycles. The number of methoxy groups -OCH3 is 1. The van der Waals surface area contributed by atoms with Crippen molar-refractivity contribution in [2.24, 2.45) is 0 Å². The van der Waals surface area contributed by atoms with Crippen LogP contribution in [0.1, 0.15) is 49.5 Å². The quantitative estimate of drug-likeness (QED) is 0.713. The zero-order valence-corrected chi connectivity index (χ0v) is 17.0.